The van der Waals surface area contributed by atoms with E-state index in [0.717, 1.165) is 31.4 Å². The third-order valence-corrected chi connectivity index (χ3v) is 5.59. The minimum atomic E-state index is -0.843. The monoisotopic (exact) mass is 419 g/mol. The number of amides is 1. The summed E-state index contributed by atoms with van der Waals surface area (Å²) < 4.78 is 31.6. The van der Waals surface area contributed by atoms with Crippen LogP contribution in [0.15, 0.2) is 73.3 Å². The number of allylic oxidation sites excluding steroid dienone is 1. The van der Waals surface area contributed by atoms with Gasteiger partial charge in [0.1, 0.15) is 5.82 Å². The van der Waals surface area contributed by atoms with Crippen molar-refractivity contribution in [2.45, 2.75) is 19.3 Å². The molecule has 31 heavy (non-hydrogen) atoms. The Morgan fingerprint density at radius 2 is 1.84 bits per heavy atom. The van der Waals surface area contributed by atoms with Crippen molar-refractivity contribution in [3.05, 3.63) is 102 Å². The Bertz CT molecular complexity index is 1110. The highest BCUT2D eigenvalue weighted by Crippen LogP contribution is 2.36. The minimum absolute atomic E-state index is 0.166. The predicted octanol–water partition coefficient (Wildman–Crippen LogP) is 5.80. The fraction of sp³-hybridized carbons (Fsp3) is 0.192. The third kappa shape index (κ3) is 5.00. The molecule has 3 aromatic rings. The summed E-state index contributed by atoms with van der Waals surface area (Å²) in [6, 6.07) is 19.0. The lowest BCUT2D eigenvalue weighted by molar-refractivity contribution is -0.118. The van der Waals surface area contributed by atoms with Crippen LogP contribution in [0.5, 0.6) is 5.75 Å². The maximum atomic E-state index is 13.6. The predicted molar refractivity (Wildman–Crippen MR) is 118 cm³/mol. The van der Waals surface area contributed by atoms with Gasteiger partial charge in [-0.3, -0.25) is 4.79 Å². The van der Waals surface area contributed by atoms with Gasteiger partial charge in [0.2, 0.25) is 0 Å². The van der Waals surface area contributed by atoms with Crippen molar-refractivity contribution in [1.29, 1.82) is 0 Å². The molecular weight excluding hydrogens is 396 g/mol. The number of rotatable bonds is 6. The van der Waals surface area contributed by atoms with Gasteiger partial charge >= 0.3 is 0 Å². The summed E-state index contributed by atoms with van der Waals surface area (Å²) in [4.78, 5) is 12.1. The average molecular weight is 419 g/mol. The Hall–Kier alpha value is -3.47. The lowest BCUT2D eigenvalue weighted by atomic mass is 9.77. The quantitative estimate of drug-likeness (QED) is 0.548. The lowest BCUT2D eigenvalue weighted by Gasteiger charge is -2.27. The molecule has 1 N–H and O–H groups in total. The van der Waals surface area contributed by atoms with Gasteiger partial charge in [-0.15, -0.1) is 0 Å². The fourth-order valence-corrected chi connectivity index (χ4v) is 3.94. The largest absolute Gasteiger partial charge is 0.481 e. The van der Waals surface area contributed by atoms with Gasteiger partial charge in [-0.1, -0.05) is 43.0 Å². The number of anilines is 1. The molecule has 1 unspecified atom stereocenters. The maximum Gasteiger partial charge on any atom is 0.262 e. The van der Waals surface area contributed by atoms with E-state index >= 15 is 0 Å². The number of carbonyl (C=O) groups is 1. The van der Waals surface area contributed by atoms with Crippen molar-refractivity contribution in [2.24, 2.45) is 5.92 Å². The van der Waals surface area contributed by atoms with Crippen LogP contribution in [0.4, 0.5) is 14.5 Å². The van der Waals surface area contributed by atoms with Gasteiger partial charge < -0.3 is 10.1 Å². The summed E-state index contributed by atoms with van der Waals surface area (Å²) in [6.45, 7) is 3.96. The van der Waals surface area contributed by atoms with Crippen LogP contribution in [0, 0.1) is 17.6 Å². The molecule has 0 radical (unpaired) electrons. The third-order valence-electron chi connectivity index (χ3n) is 5.59. The van der Waals surface area contributed by atoms with Crippen LogP contribution in [0.25, 0.3) is 5.57 Å². The molecular formula is C26H23F2NO2. The molecule has 4 rings (SSSR count). The van der Waals surface area contributed by atoms with Crippen LogP contribution in [-0.2, 0) is 17.6 Å². The first-order valence-corrected chi connectivity index (χ1v) is 10.2. The summed E-state index contributed by atoms with van der Waals surface area (Å²) in [5, 5.41) is 2.72. The van der Waals surface area contributed by atoms with E-state index in [9.17, 15) is 13.6 Å². The van der Waals surface area contributed by atoms with E-state index < -0.39 is 17.5 Å². The van der Waals surface area contributed by atoms with Gasteiger partial charge in [-0.2, -0.15) is 0 Å². The second-order valence-electron chi connectivity index (χ2n) is 7.73. The van der Waals surface area contributed by atoms with E-state index in [-0.39, 0.29) is 12.4 Å². The Balaban J connectivity index is 1.31. The number of nitrogens with one attached hydrogen (secondary N) is 1. The van der Waals surface area contributed by atoms with Crippen molar-refractivity contribution >= 4 is 17.2 Å². The minimum Gasteiger partial charge on any atom is -0.481 e. The van der Waals surface area contributed by atoms with E-state index in [1.165, 1.54) is 22.3 Å². The van der Waals surface area contributed by atoms with E-state index in [4.69, 9.17) is 4.74 Å². The number of halogens is 2. The van der Waals surface area contributed by atoms with Crippen molar-refractivity contribution < 1.29 is 18.3 Å². The van der Waals surface area contributed by atoms with Crippen LogP contribution in [0.1, 0.15) is 23.1 Å². The van der Waals surface area contributed by atoms with Crippen LogP contribution in [0.3, 0.4) is 0 Å². The van der Waals surface area contributed by atoms with Crippen molar-refractivity contribution in [3.8, 4) is 5.75 Å². The van der Waals surface area contributed by atoms with Gasteiger partial charge in [0.25, 0.3) is 5.91 Å². The molecule has 3 nitrogen and oxygen atoms in total. The highest BCUT2D eigenvalue weighted by molar-refractivity contribution is 5.91. The molecule has 1 aliphatic carbocycles. The standard InChI is InChI=1S/C26H23F2NO2/c1-17-20(9-8-19-4-2-3-5-23(17)19)14-18-6-11-22(12-7-18)29-26(30)16-31-25-13-10-21(27)15-24(25)28/h2-7,10-13,15,20H,1,8-9,14,16H2,(H,29,30). The molecule has 0 spiro atoms. The van der Waals surface area contributed by atoms with Crippen LogP contribution in [-0.4, -0.2) is 12.5 Å². The Morgan fingerprint density at radius 3 is 2.61 bits per heavy atom. The summed E-state index contributed by atoms with van der Waals surface area (Å²) in [7, 11) is 0. The van der Waals surface area contributed by atoms with E-state index in [1.807, 2.05) is 24.3 Å². The fourth-order valence-electron chi connectivity index (χ4n) is 3.94. The second kappa shape index (κ2) is 9.13. The van der Waals surface area contributed by atoms with Crippen molar-refractivity contribution in [3.63, 3.8) is 0 Å². The second-order valence-corrected chi connectivity index (χ2v) is 7.73. The molecule has 0 aromatic heterocycles. The van der Waals surface area contributed by atoms with E-state index in [0.29, 0.717) is 17.7 Å². The van der Waals surface area contributed by atoms with Gasteiger partial charge in [-0.25, -0.2) is 8.78 Å². The highest BCUT2D eigenvalue weighted by atomic mass is 19.1. The zero-order chi connectivity index (χ0) is 21.8. The molecule has 0 aliphatic heterocycles. The normalized spacial score (nSPS) is 15.3. The zero-order valence-corrected chi connectivity index (χ0v) is 17.0. The summed E-state index contributed by atoms with van der Waals surface area (Å²) >= 11 is 0. The molecule has 1 amide bonds. The first-order valence-electron chi connectivity index (χ1n) is 10.2. The Morgan fingerprint density at radius 1 is 1.06 bits per heavy atom. The first-order chi connectivity index (χ1) is 15.0. The molecule has 3 aromatic carbocycles. The molecule has 0 saturated heterocycles. The first kappa shape index (κ1) is 20.8. The SMILES string of the molecule is C=C1c2ccccc2CCC1Cc1ccc(NC(=O)COc2ccc(F)cc2F)cc1. The zero-order valence-electron chi connectivity index (χ0n) is 17.0. The van der Waals surface area contributed by atoms with Crippen molar-refractivity contribution in [2.75, 3.05) is 11.9 Å². The van der Waals surface area contributed by atoms with E-state index in [2.05, 4.69) is 36.2 Å². The molecule has 0 heterocycles. The summed E-state index contributed by atoms with van der Waals surface area (Å²) in [6.07, 6.45) is 3.03. The number of fused-ring (bicyclic) bond motifs is 1. The molecule has 0 bridgehead atoms. The number of hydrogen-bond donors (Lipinski definition) is 1. The van der Waals surface area contributed by atoms with Crippen molar-refractivity contribution in [1.82, 2.24) is 0 Å². The summed E-state index contributed by atoms with van der Waals surface area (Å²) in [5.41, 5.74) is 5.62. The smallest absolute Gasteiger partial charge is 0.262 e. The average Bonchev–Trinajstić information content (AvgIpc) is 2.76. The molecule has 5 heteroatoms. The van der Waals surface area contributed by atoms with Gasteiger partial charge in [0.05, 0.1) is 0 Å². The van der Waals surface area contributed by atoms with Crippen LogP contribution < -0.4 is 10.1 Å². The number of hydrogen-bond acceptors (Lipinski definition) is 2. The van der Waals surface area contributed by atoms with Gasteiger partial charge in [0.15, 0.2) is 18.2 Å². The van der Waals surface area contributed by atoms with Gasteiger partial charge in [0, 0.05) is 11.8 Å². The van der Waals surface area contributed by atoms with Crippen LogP contribution >= 0.6 is 0 Å². The number of ether oxygens (including phenoxy) is 1. The molecule has 1 atom stereocenters. The molecule has 1 aliphatic rings. The molecule has 158 valence electrons. The van der Waals surface area contributed by atoms with E-state index in [1.54, 1.807) is 0 Å². The molecule has 0 fully saturated rings. The molecule has 0 saturated carbocycles. The number of carbonyl (C=O) groups excluding carboxylic acids is 1. The lowest BCUT2D eigenvalue weighted by Crippen LogP contribution is -2.20. The highest BCUT2D eigenvalue weighted by Gasteiger charge is 2.22. The topological polar surface area (TPSA) is 38.3 Å². The number of benzene rings is 3. The Labute approximate surface area is 180 Å². The maximum absolute atomic E-state index is 13.6. The number of aryl methyl sites for hydroxylation is 1. The van der Waals surface area contributed by atoms with Crippen LogP contribution in [0.2, 0.25) is 0 Å². The Kier molecular flexibility index (Phi) is 6.12. The summed E-state index contributed by atoms with van der Waals surface area (Å²) in [5.74, 6) is -1.73. The van der Waals surface area contributed by atoms with Gasteiger partial charge in [-0.05, 0) is 71.7 Å².